The van der Waals surface area contributed by atoms with Gasteiger partial charge in [-0.15, -0.1) is 0 Å². The Kier molecular flexibility index (Phi) is 12.2. The number of hydrogen-bond acceptors (Lipinski definition) is 7. The van der Waals surface area contributed by atoms with Crippen molar-refractivity contribution in [3.8, 4) is 0 Å². The van der Waals surface area contributed by atoms with Crippen LogP contribution in [0.3, 0.4) is 0 Å². The second-order valence-corrected chi connectivity index (χ2v) is 14.5. The summed E-state index contributed by atoms with van der Waals surface area (Å²) in [5, 5.41) is 0. The van der Waals surface area contributed by atoms with E-state index in [1.54, 1.807) is 32.4 Å². The lowest BCUT2D eigenvalue weighted by atomic mass is 9.72. The average Bonchev–Trinajstić information content (AvgIpc) is 3.23. The number of anilines is 1. The van der Waals surface area contributed by atoms with E-state index in [1.807, 2.05) is 70.2 Å². The molecule has 2 aromatic rings. The quantitative estimate of drug-likeness (QED) is 0.156. The van der Waals surface area contributed by atoms with E-state index in [0.717, 1.165) is 33.6 Å². The summed E-state index contributed by atoms with van der Waals surface area (Å²) in [7, 11) is -5.50. The van der Waals surface area contributed by atoms with Gasteiger partial charge in [0.1, 0.15) is 0 Å². The zero-order valence-electron chi connectivity index (χ0n) is 27.4. The van der Waals surface area contributed by atoms with Crippen molar-refractivity contribution in [2.75, 3.05) is 38.9 Å². The van der Waals surface area contributed by atoms with E-state index < -0.39 is 31.1 Å². The smallest absolute Gasteiger partial charge is 0.294 e. The molecular formula is C35H45NO8S2. The van der Waals surface area contributed by atoms with Crippen LogP contribution < -0.4 is 4.90 Å². The molecule has 0 saturated heterocycles. The Bertz CT molecular complexity index is 1770. The van der Waals surface area contributed by atoms with Gasteiger partial charge in [0.05, 0.1) is 9.79 Å². The fourth-order valence-electron chi connectivity index (χ4n) is 5.93. The second-order valence-electron chi connectivity index (χ2n) is 11.7. The number of allylic oxidation sites excluding steroid dienone is 9. The number of nitrogens with zero attached hydrogens (tertiary/aromatic N) is 1. The summed E-state index contributed by atoms with van der Waals surface area (Å²) < 4.78 is 77.5. The van der Waals surface area contributed by atoms with Crippen LogP contribution >= 0.6 is 0 Å². The van der Waals surface area contributed by atoms with Gasteiger partial charge in [-0.05, 0) is 92.3 Å². The third-order valence-electron chi connectivity index (χ3n) is 8.74. The molecule has 0 bridgehead atoms. The summed E-state index contributed by atoms with van der Waals surface area (Å²) >= 11 is 0. The monoisotopic (exact) mass is 671 g/mol. The first-order valence-corrected chi connectivity index (χ1v) is 17.8. The molecule has 2 unspecified atom stereocenters. The van der Waals surface area contributed by atoms with E-state index in [1.165, 1.54) is 18.2 Å². The molecular weight excluding hydrogens is 627 g/mol. The fourth-order valence-corrected chi connectivity index (χ4v) is 6.94. The Balaban J connectivity index is 1.88. The molecule has 0 radical (unpaired) electrons. The lowest BCUT2D eigenvalue weighted by molar-refractivity contribution is 0.178. The van der Waals surface area contributed by atoms with Gasteiger partial charge in [0, 0.05) is 56.2 Å². The predicted octanol–water partition coefficient (Wildman–Crippen LogP) is 6.73. The molecule has 46 heavy (non-hydrogen) atoms. The van der Waals surface area contributed by atoms with Crippen LogP contribution in [0.4, 0.5) is 5.69 Å². The third kappa shape index (κ3) is 8.14. The molecule has 1 aliphatic rings. The maximum atomic E-state index is 11.9. The van der Waals surface area contributed by atoms with Gasteiger partial charge in [-0.3, -0.25) is 9.11 Å². The van der Waals surface area contributed by atoms with Gasteiger partial charge in [-0.1, -0.05) is 56.0 Å². The zero-order valence-corrected chi connectivity index (χ0v) is 29.0. The Morgan fingerprint density at radius 2 is 1.52 bits per heavy atom. The van der Waals surface area contributed by atoms with Crippen molar-refractivity contribution in [2.24, 2.45) is 0 Å². The lowest BCUT2D eigenvalue weighted by Gasteiger charge is -2.33. The molecule has 0 aliphatic carbocycles. The van der Waals surface area contributed by atoms with Crippen LogP contribution in [0, 0.1) is 6.92 Å². The van der Waals surface area contributed by atoms with Gasteiger partial charge in [0.25, 0.3) is 20.2 Å². The molecule has 0 amide bonds. The summed E-state index contributed by atoms with van der Waals surface area (Å²) in [4.78, 5) is 1.83. The lowest BCUT2D eigenvalue weighted by Crippen LogP contribution is -2.29. The Morgan fingerprint density at radius 1 is 0.935 bits per heavy atom. The molecule has 0 fully saturated rings. The zero-order chi connectivity index (χ0) is 34.3. The summed E-state index contributed by atoms with van der Waals surface area (Å²) in [5.74, 6) is 0. The van der Waals surface area contributed by atoms with Gasteiger partial charge in [0.15, 0.2) is 0 Å². The van der Waals surface area contributed by atoms with E-state index in [2.05, 4.69) is 11.5 Å². The highest BCUT2D eigenvalue weighted by Crippen LogP contribution is 2.50. The third-order valence-corrected chi connectivity index (χ3v) is 10.4. The van der Waals surface area contributed by atoms with Gasteiger partial charge < -0.3 is 14.4 Å². The minimum absolute atomic E-state index is 0.140. The highest BCUT2D eigenvalue weighted by atomic mass is 32.2. The molecule has 0 saturated carbocycles. The standard InChI is InChI=1S/C35H45NO8S2/c1-8-36-32-19-18-29(46(40,41)42)25-31(32)35(5,21-23-44-7)33(36)15-13-11-9-10-12-14-27(3)34(4,20-22-43-6)30-24-28(45(37,38)39)17-16-26(30)2/h9-19,24-25H,3,8,20-23H2,1-2,4-7H3,(H,37,38,39)(H,40,41,42)/b10-9+,13-11+,14-12+,33-15+. The molecule has 0 aromatic heterocycles. The van der Waals surface area contributed by atoms with Crippen LogP contribution in [-0.4, -0.2) is 59.9 Å². The van der Waals surface area contributed by atoms with E-state index in [0.29, 0.717) is 32.6 Å². The van der Waals surface area contributed by atoms with Crippen molar-refractivity contribution >= 4 is 25.9 Å². The number of ether oxygens (including phenoxy) is 2. The largest absolute Gasteiger partial charge is 0.385 e. The van der Waals surface area contributed by atoms with Crippen molar-refractivity contribution in [2.45, 2.75) is 61.2 Å². The molecule has 250 valence electrons. The molecule has 1 heterocycles. The van der Waals surface area contributed by atoms with E-state index in [9.17, 15) is 25.9 Å². The topological polar surface area (TPSA) is 130 Å². The van der Waals surface area contributed by atoms with E-state index >= 15 is 0 Å². The summed E-state index contributed by atoms with van der Waals surface area (Å²) in [6.07, 6.45) is 14.4. The average molecular weight is 672 g/mol. The van der Waals surface area contributed by atoms with Crippen molar-refractivity contribution in [1.29, 1.82) is 0 Å². The fraction of sp³-hybridized carbons (Fsp3) is 0.371. The Hall–Kier alpha value is -3.32. The van der Waals surface area contributed by atoms with Crippen LogP contribution in [0.5, 0.6) is 0 Å². The number of hydrogen-bond donors (Lipinski definition) is 2. The minimum atomic E-state index is -4.37. The number of likely N-dealkylation sites (N-methyl/N-ethyl adjacent to an activating group) is 1. The first kappa shape index (κ1) is 37.1. The predicted molar refractivity (Wildman–Crippen MR) is 183 cm³/mol. The van der Waals surface area contributed by atoms with Gasteiger partial charge in [0.2, 0.25) is 0 Å². The molecule has 3 rings (SSSR count). The van der Waals surface area contributed by atoms with E-state index in [-0.39, 0.29) is 9.79 Å². The van der Waals surface area contributed by atoms with Crippen molar-refractivity contribution in [3.05, 3.63) is 113 Å². The van der Waals surface area contributed by atoms with Crippen molar-refractivity contribution < 1.29 is 35.4 Å². The number of rotatable bonds is 15. The number of fused-ring (bicyclic) bond motifs is 1. The highest BCUT2D eigenvalue weighted by Gasteiger charge is 2.43. The van der Waals surface area contributed by atoms with Gasteiger partial charge in [-0.25, -0.2) is 0 Å². The number of aryl methyl sites for hydroxylation is 1. The maximum absolute atomic E-state index is 11.9. The minimum Gasteiger partial charge on any atom is -0.385 e. The number of methoxy groups -OCH3 is 2. The summed E-state index contributed by atoms with van der Waals surface area (Å²) in [5.41, 5.74) is 3.83. The number of benzene rings is 2. The summed E-state index contributed by atoms with van der Waals surface area (Å²) in [6.45, 7) is 13.8. The van der Waals surface area contributed by atoms with Crippen LogP contribution in [0.1, 0.15) is 50.3 Å². The van der Waals surface area contributed by atoms with Gasteiger partial charge >= 0.3 is 0 Å². The molecule has 9 nitrogen and oxygen atoms in total. The first-order valence-electron chi connectivity index (χ1n) is 14.9. The Morgan fingerprint density at radius 3 is 2.13 bits per heavy atom. The van der Waals surface area contributed by atoms with Crippen LogP contribution in [-0.2, 0) is 40.5 Å². The van der Waals surface area contributed by atoms with Gasteiger partial charge in [-0.2, -0.15) is 16.8 Å². The van der Waals surface area contributed by atoms with Crippen molar-refractivity contribution in [1.82, 2.24) is 0 Å². The summed E-state index contributed by atoms with van der Waals surface area (Å²) in [6, 6.07) is 9.26. The normalized spacial score (nSPS) is 19.5. The maximum Gasteiger partial charge on any atom is 0.294 e. The first-order chi connectivity index (χ1) is 21.5. The molecule has 2 atom stereocenters. The molecule has 0 spiro atoms. The van der Waals surface area contributed by atoms with Crippen LogP contribution in [0.2, 0.25) is 0 Å². The highest BCUT2D eigenvalue weighted by molar-refractivity contribution is 7.86. The van der Waals surface area contributed by atoms with Crippen molar-refractivity contribution in [3.63, 3.8) is 0 Å². The molecule has 11 heteroatoms. The van der Waals surface area contributed by atoms with E-state index in [4.69, 9.17) is 9.47 Å². The second kappa shape index (κ2) is 15.1. The van der Waals surface area contributed by atoms with Crippen LogP contribution in [0.15, 0.2) is 107 Å². The molecule has 2 N–H and O–H groups in total. The van der Waals surface area contributed by atoms with Crippen LogP contribution in [0.25, 0.3) is 0 Å². The Labute approximate surface area is 274 Å². The SMILES string of the molecule is C=C(/C=C/C=C/C=C/C=C1/N(CC)c2ccc(S(=O)(=O)O)cc2C1(C)CCOC)C(C)(CCOC)c1cc(S(=O)(=O)O)ccc1C. The molecule has 1 aliphatic heterocycles. The molecule has 2 aromatic carbocycles.